The second kappa shape index (κ2) is 12.7. The fraction of sp³-hybridized carbons (Fsp3) is 0.423. The van der Waals surface area contributed by atoms with Crippen molar-refractivity contribution < 1.29 is 47.7 Å². The maximum Gasteiger partial charge on any atom is 0.355 e. The summed E-state index contributed by atoms with van der Waals surface area (Å²) in [4.78, 5) is 64.2. The molecule has 0 bridgehead atoms. The number of rotatable bonds is 11. The molecule has 1 aromatic carbocycles. The lowest BCUT2D eigenvalue weighted by Gasteiger charge is -2.23. The zero-order chi connectivity index (χ0) is 26.9. The number of esters is 5. The predicted molar refractivity (Wildman–Crippen MR) is 126 cm³/mol. The summed E-state index contributed by atoms with van der Waals surface area (Å²) in [5.41, 5.74) is 1.52. The third-order valence-corrected chi connectivity index (χ3v) is 5.85. The number of hydrogen-bond acceptors (Lipinski definition) is 10. The van der Waals surface area contributed by atoms with E-state index in [9.17, 15) is 24.0 Å². The molecule has 1 aromatic heterocycles. The van der Waals surface area contributed by atoms with Crippen LogP contribution in [0.4, 0.5) is 0 Å². The highest BCUT2D eigenvalue weighted by Gasteiger charge is 2.39. The zero-order valence-electron chi connectivity index (χ0n) is 20.9. The second-order valence-electron chi connectivity index (χ2n) is 8.36. The number of H-pyrrole nitrogens is 1. The first kappa shape index (κ1) is 27.4. The highest BCUT2D eigenvalue weighted by molar-refractivity contribution is 5.91. The van der Waals surface area contributed by atoms with E-state index >= 15 is 0 Å². The van der Waals surface area contributed by atoms with Crippen LogP contribution in [-0.2, 0) is 62.3 Å². The van der Waals surface area contributed by atoms with Crippen LogP contribution in [0.15, 0.2) is 30.3 Å². The third kappa shape index (κ3) is 7.18. The van der Waals surface area contributed by atoms with Gasteiger partial charge in [0.25, 0.3) is 0 Å². The summed E-state index contributed by atoms with van der Waals surface area (Å²) in [5, 5.41) is 0. The zero-order valence-corrected chi connectivity index (χ0v) is 20.9. The highest BCUT2D eigenvalue weighted by atomic mass is 16.6. The minimum absolute atomic E-state index is 0.0164. The van der Waals surface area contributed by atoms with E-state index in [1.807, 2.05) is 6.07 Å². The number of aromatic amines is 1. The van der Waals surface area contributed by atoms with E-state index in [0.29, 0.717) is 5.56 Å². The second-order valence-corrected chi connectivity index (χ2v) is 8.36. The minimum atomic E-state index is -1.13. The number of cyclic esters (lactones) is 1. The van der Waals surface area contributed by atoms with Gasteiger partial charge in [0.1, 0.15) is 18.4 Å². The lowest BCUT2D eigenvalue weighted by Crippen LogP contribution is -2.25. The lowest BCUT2D eigenvalue weighted by molar-refractivity contribution is -0.160. The van der Waals surface area contributed by atoms with Crippen molar-refractivity contribution >= 4 is 29.8 Å². The van der Waals surface area contributed by atoms with Gasteiger partial charge in [-0.25, -0.2) is 4.79 Å². The van der Waals surface area contributed by atoms with E-state index in [-0.39, 0.29) is 55.7 Å². The average Bonchev–Trinajstić information content (AvgIpc) is 3.48. The van der Waals surface area contributed by atoms with Crippen LogP contribution < -0.4 is 0 Å². The summed E-state index contributed by atoms with van der Waals surface area (Å²) in [6.45, 7) is 1.17. The largest absolute Gasteiger partial charge is 0.469 e. The fourth-order valence-electron chi connectivity index (χ4n) is 4.09. The molecule has 2 aromatic rings. The van der Waals surface area contributed by atoms with Gasteiger partial charge in [-0.1, -0.05) is 30.3 Å². The number of carbonyl (C=O) groups excluding carboxylic acids is 5. The Morgan fingerprint density at radius 2 is 1.76 bits per heavy atom. The number of carbonyl (C=O) groups is 5. The molecule has 11 heteroatoms. The van der Waals surface area contributed by atoms with Gasteiger partial charge in [-0.3, -0.25) is 19.2 Å². The Kier molecular flexibility index (Phi) is 9.42. The Morgan fingerprint density at radius 3 is 2.35 bits per heavy atom. The maximum absolute atomic E-state index is 13.2. The Bertz CT molecular complexity index is 1150. The molecule has 0 amide bonds. The van der Waals surface area contributed by atoms with Crippen LogP contribution in [0.25, 0.3) is 0 Å². The van der Waals surface area contributed by atoms with Crippen LogP contribution in [0.3, 0.4) is 0 Å². The summed E-state index contributed by atoms with van der Waals surface area (Å²) in [6.07, 6.45) is -1.97. The first-order chi connectivity index (χ1) is 17.7. The molecule has 1 aliphatic heterocycles. The van der Waals surface area contributed by atoms with Crippen molar-refractivity contribution in [3.8, 4) is 0 Å². The number of aromatic nitrogens is 1. The normalized spacial score (nSPS) is 15.4. The number of nitrogens with one attached hydrogen (secondary N) is 1. The Morgan fingerprint density at radius 1 is 1.05 bits per heavy atom. The van der Waals surface area contributed by atoms with Gasteiger partial charge in [0.2, 0.25) is 0 Å². The predicted octanol–water partition coefficient (Wildman–Crippen LogP) is 2.50. The van der Waals surface area contributed by atoms with E-state index in [1.54, 1.807) is 24.3 Å². The van der Waals surface area contributed by atoms with E-state index < -0.39 is 42.1 Å². The van der Waals surface area contributed by atoms with Gasteiger partial charge in [-0.15, -0.1) is 0 Å². The molecule has 0 aliphatic carbocycles. The van der Waals surface area contributed by atoms with E-state index in [4.69, 9.17) is 23.7 Å². The van der Waals surface area contributed by atoms with Crippen molar-refractivity contribution in [1.29, 1.82) is 0 Å². The van der Waals surface area contributed by atoms with E-state index in [0.717, 1.165) is 5.56 Å². The first-order valence-electron chi connectivity index (χ1n) is 11.7. The van der Waals surface area contributed by atoms with Crippen molar-refractivity contribution in [2.24, 2.45) is 0 Å². The molecule has 2 heterocycles. The molecule has 1 N–H and O–H groups in total. The number of benzene rings is 1. The molecule has 3 rings (SSSR count). The van der Waals surface area contributed by atoms with Gasteiger partial charge >= 0.3 is 29.8 Å². The smallest absolute Gasteiger partial charge is 0.355 e. The number of methoxy groups -OCH3 is 2. The molecule has 198 valence electrons. The van der Waals surface area contributed by atoms with Crippen LogP contribution >= 0.6 is 0 Å². The third-order valence-electron chi connectivity index (χ3n) is 5.85. The van der Waals surface area contributed by atoms with Crippen LogP contribution in [0.2, 0.25) is 0 Å². The van der Waals surface area contributed by atoms with Gasteiger partial charge < -0.3 is 28.7 Å². The first-order valence-corrected chi connectivity index (χ1v) is 11.7. The number of ether oxygens (including phenoxy) is 5. The summed E-state index contributed by atoms with van der Waals surface area (Å²) in [5.74, 6) is -3.02. The lowest BCUT2D eigenvalue weighted by atomic mass is 9.96. The topological polar surface area (TPSA) is 147 Å². The molecule has 0 unspecified atom stereocenters. The minimum Gasteiger partial charge on any atom is -0.469 e. The SMILES string of the molecule is COC(=O)CCc1c(C(=O)OCc2ccccc2)[nH]c([C@@H](OC(C)=O)[C@@H]2CCC(=O)O2)c1CC(=O)OC. The van der Waals surface area contributed by atoms with Gasteiger partial charge in [0, 0.05) is 19.8 Å². The van der Waals surface area contributed by atoms with Crippen molar-refractivity contribution in [2.45, 2.75) is 57.8 Å². The molecule has 1 saturated heterocycles. The van der Waals surface area contributed by atoms with E-state index in [1.165, 1.54) is 21.1 Å². The van der Waals surface area contributed by atoms with E-state index in [2.05, 4.69) is 4.98 Å². The molecule has 0 spiro atoms. The molecule has 0 saturated carbocycles. The Balaban J connectivity index is 2.07. The molecular weight excluding hydrogens is 486 g/mol. The number of hydrogen-bond donors (Lipinski definition) is 1. The summed E-state index contributed by atoms with van der Waals surface area (Å²) in [6, 6.07) is 9.02. The van der Waals surface area contributed by atoms with Crippen molar-refractivity contribution in [2.75, 3.05) is 14.2 Å². The Labute approximate surface area is 213 Å². The standard InChI is InChI=1S/C26H29NO10/c1-15(28)36-25(19-10-12-21(30)37-19)23-18(13-22(31)34-3)17(9-11-20(29)33-2)24(27-23)26(32)35-14-16-7-5-4-6-8-16/h4-8,19,25,27H,9-14H2,1-3H3/t19-,25-/m0/s1. The molecular formula is C26H29NO10. The molecule has 37 heavy (non-hydrogen) atoms. The molecule has 0 radical (unpaired) electrons. The van der Waals surface area contributed by atoms with Gasteiger partial charge in [0.15, 0.2) is 6.10 Å². The van der Waals surface area contributed by atoms with Crippen LogP contribution in [-0.4, -0.2) is 55.2 Å². The quantitative estimate of drug-likeness (QED) is 0.350. The van der Waals surface area contributed by atoms with Crippen molar-refractivity contribution in [3.05, 3.63) is 58.4 Å². The maximum atomic E-state index is 13.2. The monoisotopic (exact) mass is 515 g/mol. The molecule has 1 fully saturated rings. The van der Waals surface area contributed by atoms with Crippen LogP contribution in [0.5, 0.6) is 0 Å². The highest BCUT2D eigenvalue weighted by Crippen LogP contribution is 2.36. The summed E-state index contributed by atoms with van der Waals surface area (Å²) >= 11 is 0. The summed E-state index contributed by atoms with van der Waals surface area (Å²) < 4.78 is 25.9. The Hall–Kier alpha value is -4.15. The van der Waals surface area contributed by atoms with Gasteiger partial charge in [-0.2, -0.15) is 0 Å². The van der Waals surface area contributed by atoms with Gasteiger partial charge in [-0.05, 0) is 29.5 Å². The van der Waals surface area contributed by atoms with Crippen LogP contribution in [0.1, 0.15) is 65.2 Å². The summed E-state index contributed by atoms with van der Waals surface area (Å²) in [7, 11) is 2.45. The molecule has 11 nitrogen and oxygen atoms in total. The average molecular weight is 516 g/mol. The van der Waals surface area contributed by atoms with Crippen molar-refractivity contribution in [1.82, 2.24) is 4.98 Å². The van der Waals surface area contributed by atoms with Crippen molar-refractivity contribution in [3.63, 3.8) is 0 Å². The van der Waals surface area contributed by atoms with Crippen LogP contribution in [0, 0.1) is 0 Å². The molecule has 1 aliphatic rings. The fourth-order valence-corrected chi connectivity index (χ4v) is 4.09. The molecule has 2 atom stereocenters. The van der Waals surface area contributed by atoms with Gasteiger partial charge in [0.05, 0.1) is 26.3 Å².